The van der Waals surface area contributed by atoms with E-state index in [1.165, 1.54) is 12.1 Å². The first kappa shape index (κ1) is 15.6. The van der Waals surface area contributed by atoms with E-state index in [-0.39, 0.29) is 5.56 Å². The van der Waals surface area contributed by atoms with E-state index in [9.17, 15) is 14.0 Å². The van der Waals surface area contributed by atoms with Crippen molar-refractivity contribution >= 4 is 27.8 Å². The quantitative estimate of drug-likeness (QED) is 0.894. The molecule has 0 spiro atoms. The molecule has 1 rings (SSSR count). The minimum atomic E-state index is -1.15. The van der Waals surface area contributed by atoms with Crippen LogP contribution in [-0.2, 0) is 4.79 Å². The second kappa shape index (κ2) is 5.69. The van der Waals surface area contributed by atoms with Gasteiger partial charge in [-0.15, -0.1) is 0 Å². The van der Waals surface area contributed by atoms with Crippen LogP contribution in [0.3, 0.4) is 0 Å². The summed E-state index contributed by atoms with van der Waals surface area (Å²) in [4.78, 5) is 23.0. The third kappa shape index (κ3) is 4.02. The SMILES string of the molecule is CC(C)(C)[C@@H](NC(=O)c1ccc(Br)cc1F)C(=O)O. The number of rotatable bonds is 3. The molecule has 6 heteroatoms. The maximum atomic E-state index is 13.6. The number of carboxylic acid groups (broad SMARTS) is 1. The highest BCUT2D eigenvalue weighted by Crippen LogP contribution is 2.21. The first-order valence-electron chi connectivity index (χ1n) is 5.61. The number of amides is 1. The monoisotopic (exact) mass is 331 g/mol. The Labute approximate surface area is 119 Å². The van der Waals surface area contributed by atoms with E-state index < -0.39 is 29.2 Å². The van der Waals surface area contributed by atoms with Crippen molar-refractivity contribution in [2.24, 2.45) is 5.41 Å². The van der Waals surface area contributed by atoms with Crippen molar-refractivity contribution in [1.82, 2.24) is 5.32 Å². The van der Waals surface area contributed by atoms with E-state index in [0.717, 1.165) is 6.07 Å². The van der Waals surface area contributed by atoms with E-state index in [1.807, 2.05) is 0 Å². The Bertz CT molecular complexity index is 511. The zero-order chi connectivity index (χ0) is 14.8. The Morgan fingerprint density at radius 1 is 1.37 bits per heavy atom. The fourth-order valence-electron chi connectivity index (χ4n) is 1.53. The lowest BCUT2D eigenvalue weighted by molar-refractivity contribution is -0.142. The molecule has 19 heavy (non-hydrogen) atoms. The van der Waals surface area contributed by atoms with Crippen LogP contribution in [0.1, 0.15) is 31.1 Å². The molecule has 0 radical (unpaired) electrons. The summed E-state index contributed by atoms with van der Waals surface area (Å²) >= 11 is 3.09. The normalized spacial score (nSPS) is 12.9. The molecule has 1 aromatic carbocycles. The van der Waals surface area contributed by atoms with Crippen LogP contribution in [0.4, 0.5) is 4.39 Å². The van der Waals surface area contributed by atoms with Crippen LogP contribution >= 0.6 is 15.9 Å². The van der Waals surface area contributed by atoms with E-state index >= 15 is 0 Å². The average molecular weight is 332 g/mol. The van der Waals surface area contributed by atoms with Gasteiger partial charge in [-0.05, 0) is 23.6 Å². The lowest BCUT2D eigenvalue weighted by atomic mass is 9.86. The van der Waals surface area contributed by atoms with Gasteiger partial charge in [0.2, 0.25) is 0 Å². The fourth-order valence-corrected chi connectivity index (χ4v) is 1.86. The third-order valence-corrected chi connectivity index (χ3v) is 3.06. The number of carbonyl (C=O) groups excluding carboxylic acids is 1. The van der Waals surface area contributed by atoms with Gasteiger partial charge in [-0.1, -0.05) is 36.7 Å². The summed E-state index contributed by atoms with van der Waals surface area (Å²) in [6, 6.07) is 2.88. The van der Waals surface area contributed by atoms with Gasteiger partial charge in [0.15, 0.2) is 0 Å². The molecule has 0 fully saturated rings. The summed E-state index contributed by atoms with van der Waals surface area (Å²) in [5, 5.41) is 11.4. The predicted molar refractivity (Wildman–Crippen MR) is 72.4 cm³/mol. The molecule has 104 valence electrons. The van der Waals surface area contributed by atoms with Crippen LogP contribution in [0, 0.1) is 11.2 Å². The van der Waals surface area contributed by atoms with Crippen molar-refractivity contribution in [2.75, 3.05) is 0 Å². The second-order valence-corrected chi connectivity index (χ2v) is 6.15. The molecule has 0 bridgehead atoms. The number of carbonyl (C=O) groups is 2. The van der Waals surface area contributed by atoms with Gasteiger partial charge >= 0.3 is 5.97 Å². The third-order valence-electron chi connectivity index (χ3n) is 2.56. The Kier molecular flexibility index (Phi) is 4.68. The molecule has 0 unspecified atom stereocenters. The highest BCUT2D eigenvalue weighted by atomic mass is 79.9. The summed E-state index contributed by atoms with van der Waals surface area (Å²) in [5.74, 6) is -2.60. The van der Waals surface area contributed by atoms with Crippen molar-refractivity contribution in [1.29, 1.82) is 0 Å². The Hall–Kier alpha value is -1.43. The van der Waals surface area contributed by atoms with Gasteiger partial charge in [-0.2, -0.15) is 0 Å². The minimum absolute atomic E-state index is 0.182. The molecule has 1 amide bonds. The number of hydrogen-bond acceptors (Lipinski definition) is 2. The number of benzene rings is 1. The highest BCUT2D eigenvalue weighted by Gasteiger charge is 2.33. The zero-order valence-electron chi connectivity index (χ0n) is 10.8. The van der Waals surface area contributed by atoms with E-state index in [0.29, 0.717) is 4.47 Å². The Morgan fingerprint density at radius 2 is 1.95 bits per heavy atom. The molecule has 4 nitrogen and oxygen atoms in total. The van der Waals surface area contributed by atoms with Crippen LogP contribution in [0.2, 0.25) is 0 Å². The van der Waals surface area contributed by atoms with Crippen molar-refractivity contribution < 1.29 is 19.1 Å². The first-order chi connectivity index (χ1) is 8.62. The molecule has 0 aliphatic carbocycles. The summed E-state index contributed by atoms with van der Waals surface area (Å²) in [7, 11) is 0. The summed E-state index contributed by atoms with van der Waals surface area (Å²) in [5.41, 5.74) is -0.855. The molecule has 0 heterocycles. The second-order valence-electron chi connectivity index (χ2n) is 5.23. The topological polar surface area (TPSA) is 66.4 Å². The number of aliphatic carboxylic acids is 1. The summed E-state index contributed by atoms with van der Waals surface area (Å²) in [6.07, 6.45) is 0. The number of carboxylic acids is 1. The largest absolute Gasteiger partial charge is 0.480 e. The van der Waals surface area contributed by atoms with Crippen LogP contribution in [-0.4, -0.2) is 23.0 Å². The highest BCUT2D eigenvalue weighted by molar-refractivity contribution is 9.10. The summed E-state index contributed by atoms with van der Waals surface area (Å²) in [6.45, 7) is 5.05. The number of hydrogen-bond donors (Lipinski definition) is 2. The Morgan fingerprint density at radius 3 is 2.37 bits per heavy atom. The van der Waals surface area contributed by atoms with Crippen molar-refractivity contribution in [2.45, 2.75) is 26.8 Å². The van der Waals surface area contributed by atoms with Crippen LogP contribution < -0.4 is 5.32 Å². The molecule has 0 saturated carbocycles. The van der Waals surface area contributed by atoms with Gasteiger partial charge in [0, 0.05) is 4.47 Å². The van der Waals surface area contributed by atoms with Crippen LogP contribution in [0.5, 0.6) is 0 Å². The average Bonchev–Trinajstić information content (AvgIpc) is 2.23. The van der Waals surface area contributed by atoms with Gasteiger partial charge in [0.25, 0.3) is 5.91 Å². The maximum Gasteiger partial charge on any atom is 0.326 e. The Balaban J connectivity index is 2.98. The van der Waals surface area contributed by atoms with Crippen molar-refractivity contribution in [3.63, 3.8) is 0 Å². The van der Waals surface area contributed by atoms with E-state index in [4.69, 9.17) is 5.11 Å². The van der Waals surface area contributed by atoms with Gasteiger partial charge in [0.05, 0.1) is 5.56 Å². The minimum Gasteiger partial charge on any atom is -0.480 e. The lowest BCUT2D eigenvalue weighted by Crippen LogP contribution is -2.49. The fraction of sp³-hybridized carbons (Fsp3) is 0.385. The lowest BCUT2D eigenvalue weighted by Gasteiger charge is -2.27. The molecule has 0 aromatic heterocycles. The standard InChI is InChI=1S/C13H15BrFNO3/c1-13(2,3)10(12(18)19)16-11(17)8-5-4-7(14)6-9(8)15/h4-6,10H,1-3H3,(H,16,17)(H,18,19)/t10-/m0/s1. The van der Waals surface area contributed by atoms with Crippen LogP contribution in [0.15, 0.2) is 22.7 Å². The molecule has 1 atom stereocenters. The number of nitrogens with one attached hydrogen (secondary N) is 1. The molecule has 2 N–H and O–H groups in total. The first-order valence-corrected chi connectivity index (χ1v) is 6.41. The molecule has 0 aliphatic heterocycles. The van der Waals surface area contributed by atoms with E-state index in [1.54, 1.807) is 20.8 Å². The zero-order valence-corrected chi connectivity index (χ0v) is 12.4. The smallest absolute Gasteiger partial charge is 0.326 e. The van der Waals surface area contributed by atoms with E-state index in [2.05, 4.69) is 21.2 Å². The van der Waals surface area contributed by atoms with Crippen LogP contribution in [0.25, 0.3) is 0 Å². The molecule has 0 aliphatic rings. The maximum absolute atomic E-state index is 13.6. The predicted octanol–water partition coefficient (Wildman–Crippen LogP) is 2.82. The molecular weight excluding hydrogens is 317 g/mol. The van der Waals surface area contributed by atoms with Crippen molar-refractivity contribution in [3.05, 3.63) is 34.1 Å². The van der Waals surface area contributed by atoms with Gasteiger partial charge in [-0.25, -0.2) is 9.18 Å². The molecule has 0 saturated heterocycles. The summed E-state index contributed by atoms with van der Waals surface area (Å²) < 4.78 is 14.1. The van der Waals surface area contributed by atoms with Crippen molar-refractivity contribution in [3.8, 4) is 0 Å². The molecule has 1 aromatic rings. The van der Waals surface area contributed by atoms with Gasteiger partial charge in [-0.3, -0.25) is 4.79 Å². The number of halogens is 2. The van der Waals surface area contributed by atoms with Gasteiger partial charge in [0.1, 0.15) is 11.9 Å². The molecular formula is C13H15BrFNO3. The van der Waals surface area contributed by atoms with Gasteiger partial charge < -0.3 is 10.4 Å².